The van der Waals surface area contributed by atoms with Crippen LogP contribution in [0.25, 0.3) is 6.08 Å². The molecule has 0 bridgehead atoms. The quantitative estimate of drug-likeness (QED) is 0.340. The van der Waals surface area contributed by atoms with Crippen molar-refractivity contribution in [1.82, 2.24) is 0 Å². The van der Waals surface area contributed by atoms with Crippen LogP contribution in [-0.2, 0) is 28.5 Å². The minimum atomic E-state index is -1.23. The first-order chi connectivity index (χ1) is 17.9. The van der Waals surface area contributed by atoms with Crippen molar-refractivity contribution in [2.75, 3.05) is 0 Å². The summed E-state index contributed by atoms with van der Waals surface area (Å²) in [5, 5.41) is 34.3. The molecule has 208 valence electrons. The van der Waals surface area contributed by atoms with Crippen molar-refractivity contribution in [3.63, 3.8) is 0 Å². The number of hydrogen-bond donors (Lipinski definition) is 2. The largest absolute Gasteiger partial charge is 0.545 e. The Kier molecular flexibility index (Phi) is 8.40. The van der Waals surface area contributed by atoms with E-state index in [4.69, 9.17) is 0 Å². The number of aryl methyl sites for hydroxylation is 3. The number of phenolic OH excluding ortho intramolecular Hbond substituents is 2. The lowest BCUT2D eigenvalue weighted by Crippen LogP contribution is -2.23. The van der Waals surface area contributed by atoms with Crippen molar-refractivity contribution in [2.45, 2.75) is 92.9 Å². The summed E-state index contributed by atoms with van der Waals surface area (Å²) >= 11 is 0. The lowest BCUT2D eigenvalue weighted by molar-refractivity contribution is -0.299. The number of rotatable bonds is 6. The monoisotopic (exact) mass is 527 g/mol. The van der Waals surface area contributed by atoms with Gasteiger partial charge in [0.05, 0.1) is 5.97 Å². The zero-order valence-corrected chi connectivity index (χ0v) is 25.2. The van der Waals surface area contributed by atoms with Crippen molar-refractivity contribution in [2.24, 2.45) is 0 Å². The Balaban J connectivity index is 2.26. The molecule has 2 N–H and O–H groups in total. The predicted octanol–water partition coefficient (Wildman–Crippen LogP) is 6.95. The smallest absolute Gasteiger partial charge is 0.122 e. The third-order valence-electron chi connectivity index (χ3n) is 7.22. The average Bonchev–Trinajstić information content (AvgIpc) is 2.78. The Morgan fingerprint density at radius 2 is 1.03 bits per heavy atom. The average molecular weight is 528 g/mol. The molecule has 0 aliphatic carbocycles. The van der Waals surface area contributed by atoms with E-state index in [1.807, 2.05) is 57.2 Å². The predicted molar refractivity (Wildman–Crippen MR) is 159 cm³/mol. The fourth-order valence-corrected chi connectivity index (χ4v) is 5.24. The highest BCUT2D eigenvalue weighted by atomic mass is 16.4. The van der Waals surface area contributed by atoms with Crippen molar-refractivity contribution >= 4 is 12.0 Å². The van der Waals surface area contributed by atoms with E-state index in [-0.39, 0.29) is 27.9 Å². The zero-order chi connectivity index (χ0) is 29.4. The molecule has 0 radical (unpaired) electrons. The number of benzene rings is 3. The Labute approximate surface area is 234 Å². The molecular formula is C35H43O4-. The first-order valence-corrected chi connectivity index (χ1v) is 13.6. The van der Waals surface area contributed by atoms with Gasteiger partial charge in [-0.3, -0.25) is 0 Å². The van der Waals surface area contributed by atoms with Crippen molar-refractivity contribution in [3.8, 4) is 11.5 Å². The highest BCUT2D eigenvalue weighted by Gasteiger charge is 2.23. The van der Waals surface area contributed by atoms with Gasteiger partial charge in [0.15, 0.2) is 0 Å². The van der Waals surface area contributed by atoms with Crippen LogP contribution in [0.4, 0.5) is 0 Å². The number of carboxylic acids is 1. The second-order valence-corrected chi connectivity index (χ2v) is 13.1. The summed E-state index contributed by atoms with van der Waals surface area (Å²) in [5.74, 6) is -0.683. The highest BCUT2D eigenvalue weighted by molar-refractivity contribution is 5.90. The Morgan fingerprint density at radius 3 is 1.36 bits per heavy atom. The molecule has 3 aromatic rings. The molecule has 0 fully saturated rings. The molecule has 0 spiro atoms. The van der Waals surface area contributed by atoms with Gasteiger partial charge in [0.2, 0.25) is 0 Å². The number of carbonyl (C=O) groups is 1. The molecule has 0 heterocycles. The molecule has 0 aliphatic heterocycles. The molecule has 0 amide bonds. The summed E-state index contributed by atoms with van der Waals surface area (Å²) in [4.78, 5) is 11.8. The lowest BCUT2D eigenvalue weighted by Gasteiger charge is -2.24. The van der Waals surface area contributed by atoms with Crippen LogP contribution in [0.2, 0.25) is 0 Å². The van der Waals surface area contributed by atoms with Crippen LogP contribution in [0.15, 0.2) is 42.0 Å². The Hall–Kier alpha value is -3.53. The highest BCUT2D eigenvalue weighted by Crippen LogP contribution is 2.38. The van der Waals surface area contributed by atoms with Crippen LogP contribution in [0.3, 0.4) is 0 Å². The van der Waals surface area contributed by atoms with Gasteiger partial charge in [0, 0.05) is 12.8 Å². The minimum Gasteiger partial charge on any atom is -0.545 e. The molecule has 0 aromatic heterocycles. The second-order valence-electron chi connectivity index (χ2n) is 13.1. The Morgan fingerprint density at radius 1 is 0.692 bits per heavy atom. The van der Waals surface area contributed by atoms with Crippen LogP contribution in [0, 0.1) is 20.8 Å². The fraction of sp³-hybridized carbons (Fsp3) is 0.400. The van der Waals surface area contributed by atoms with E-state index in [2.05, 4.69) is 41.5 Å². The number of aliphatic carboxylic acids is 1. The van der Waals surface area contributed by atoms with Gasteiger partial charge >= 0.3 is 0 Å². The molecule has 0 unspecified atom stereocenters. The van der Waals surface area contributed by atoms with Crippen LogP contribution >= 0.6 is 0 Å². The number of hydrogen-bond acceptors (Lipinski definition) is 4. The van der Waals surface area contributed by atoms with E-state index in [1.54, 1.807) is 6.08 Å². The molecule has 4 heteroatoms. The number of aromatic hydroxyl groups is 2. The van der Waals surface area contributed by atoms with Crippen LogP contribution in [-0.4, -0.2) is 16.2 Å². The number of carbonyl (C=O) groups excluding carboxylic acids is 1. The van der Waals surface area contributed by atoms with E-state index >= 15 is 0 Å². The normalized spacial score (nSPS) is 12.6. The molecule has 3 aromatic carbocycles. The second kappa shape index (κ2) is 10.9. The number of carboxylic acid groups (broad SMARTS) is 1. The third-order valence-corrected chi connectivity index (χ3v) is 7.22. The van der Waals surface area contributed by atoms with Gasteiger partial charge in [-0.15, -0.1) is 0 Å². The maximum Gasteiger partial charge on any atom is 0.122 e. The summed E-state index contributed by atoms with van der Waals surface area (Å²) < 4.78 is 0. The van der Waals surface area contributed by atoms with Gasteiger partial charge in [-0.2, -0.15) is 0 Å². The van der Waals surface area contributed by atoms with Crippen molar-refractivity contribution in [1.29, 1.82) is 0 Å². The molecule has 0 aliphatic rings. The van der Waals surface area contributed by atoms with Crippen molar-refractivity contribution < 1.29 is 20.1 Å². The maximum absolute atomic E-state index is 11.8. The standard InChI is InChI=1S/C35H44O4/c1-20-11-24(18-26-13-21(2)15-29(31(26)36)34(5,6)7)28(17-23(4)33(38)39)25(12-20)19-27-14-22(3)16-30(32(27)37)35(8,9)10/h11-17,36-37H,18-19H2,1-10H3,(H,38,39)/p-1/b23-17+. The van der Waals surface area contributed by atoms with E-state index in [0.29, 0.717) is 12.8 Å². The minimum absolute atomic E-state index is 0.119. The first-order valence-electron chi connectivity index (χ1n) is 13.6. The summed E-state index contributed by atoms with van der Waals surface area (Å²) in [6, 6.07) is 12.1. The van der Waals surface area contributed by atoms with E-state index in [0.717, 1.165) is 55.6 Å². The summed E-state index contributed by atoms with van der Waals surface area (Å²) in [6.07, 6.45) is 2.53. The van der Waals surface area contributed by atoms with Gasteiger partial charge in [0.25, 0.3) is 0 Å². The SMILES string of the molecule is C/C(=C\c1c(Cc2cc(C)cc(C(C)(C)C)c2O)cc(C)cc1Cc1cc(C)cc(C(C)(C)C)c1O)C(=O)[O-]. The lowest BCUT2D eigenvalue weighted by atomic mass is 9.81. The molecule has 0 saturated heterocycles. The van der Waals surface area contributed by atoms with Gasteiger partial charge in [-0.25, -0.2) is 0 Å². The number of phenols is 2. The van der Waals surface area contributed by atoms with Crippen LogP contribution in [0.1, 0.15) is 104 Å². The van der Waals surface area contributed by atoms with E-state index in [1.165, 1.54) is 6.92 Å². The Bertz CT molecular complexity index is 1350. The molecule has 0 saturated carbocycles. The summed E-state index contributed by atoms with van der Waals surface area (Å²) in [6.45, 7) is 20.1. The first kappa shape index (κ1) is 30.0. The molecular weight excluding hydrogens is 484 g/mol. The molecule has 3 rings (SSSR count). The third kappa shape index (κ3) is 6.92. The molecule has 0 atom stereocenters. The molecule has 39 heavy (non-hydrogen) atoms. The topological polar surface area (TPSA) is 80.6 Å². The zero-order valence-electron chi connectivity index (χ0n) is 25.2. The molecule has 4 nitrogen and oxygen atoms in total. The van der Waals surface area contributed by atoms with E-state index in [9.17, 15) is 20.1 Å². The fourth-order valence-electron chi connectivity index (χ4n) is 5.24. The van der Waals surface area contributed by atoms with Crippen molar-refractivity contribution in [3.05, 3.63) is 97.6 Å². The van der Waals surface area contributed by atoms with Gasteiger partial charge in [-0.05, 0) is 89.1 Å². The van der Waals surface area contributed by atoms with Crippen LogP contribution in [0.5, 0.6) is 11.5 Å². The summed E-state index contributed by atoms with van der Waals surface area (Å²) in [5.41, 5.74) is 8.75. The van der Waals surface area contributed by atoms with Gasteiger partial charge in [-0.1, -0.05) is 94.6 Å². The maximum atomic E-state index is 11.8. The van der Waals surface area contributed by atoms with E-state index < -0.39 is 5.97 Å². The summed E-state index contributed by atoms with van der Waals surface area (Å²) in [7, 11) is 0. The van der Waals surface area contributed by atoms with Gasteiger partial charge < -0.3 is 20.1 Å². The van der Waals surface area contributed by atoms with Crippen LogP contribution < -0.4 is 5.11 Å². The van der Waals surface area contributed by atoms with Gasteiger partial charge in [0.1, 0.15) is 11.5 Å².